The van der Waals surface area contributed by atoms with Gasteiger partial charge in [0.05, 0.1) is 11.6 Å². The molecular formula is C15H12ClNO. The Bertz CT molecular complexity index is 688. The van der Waals surface area contributed by atoms with Crippen LogP contribution in [0, 0.1) is 0 Å². The van der Waals surface area contributed by atoms with Crippen molar-refractivity contribution in [2.45, 2.75) is 6.54 Å². The number of rotatable bonds is 2. The highest BCUT2D eigenvalue weighted by Crippen LogP contribution is 2.32. The number of halogens is 1. The van der Waals surface area contributed by atoms with Gasteiger partial charge in [-0.3, -0.25) is 0 Å². The van der Waals surface area contributed by atoms with Crippen LogP contribution in [0.15, 0.2) is 54.7 Å². The molecule has 0 saturated heterocycles. The number of hydrogen-bond acceptors (Lipinski definition) is 1. The molecule has 1 N–H and O–H groups in total. The van der Waals surface area contributed by atoms with Crippen molar-refractivity contribution >= 4 is 22.4 Å². The van der Waals surface area contributed by atoms with Crippen molar-refractivity contribution in [2.24, 2.45) is 0 Å². The van der Waals surface area contributed by atoms with Gasteiger partial charge in [-0.05, 0) is 17.7 Å². The lowest BCUT2D eigenvalue weighted by Gasteiger charge is -2.04. The molecule has 3 heteroatoms. The highest BCUT2D eigenvalue weighted by atomic mass is 35.5. The van der Waals surface area contributed by atoms with Gasteiger partial charge in [0.1, 0.15) is 0 Å². The summed E-state index contributed by atoms with van der Waals surface area (Å²) in [6.07, 6.45) is 1.89. The number of aromatic nitrogens is 1. The Morgan fingerprint density at radius 3 is 2.44 bits per heavy atom. The molecule has 2 nitrogen and oxygen atoms in total. The van der Waals surface area contributed by atoms with Crippen molar-refractivity contribution in [1.82, 2.24) is 4.57 Å². The Hall–Kier alpha value is -1.93. The van der Waals surface area contributed by atoms with Gasteiger partial charge in [-0.1, -0.05) is 48.0 Å². The summed E-state index contributed by atoms with van der Waals surface area (Å²) in [4.78, 5) is 0. The van der Waals surface area contributed by atoms with E-state index >= 15 is 0 Å². The third-order valence-corrected chi connectivity index (χ3v) is 3.38. The van der Waals surface area contributed by atoms with Gasteiger partial charge in [-0.2, -0.15) is 0 Å². The van der Waals surface area contributed by atoms with Crippen LogP contribution >= 0.6 is 11.6 Å². The van der Waals surface area contributed by atoms with Crippen LogP contribution in [0.4, 0.5) is 0 Å². The molecule has 0 atom stereocenters. The molecule has 0 bridgehead atoms. The van der Waals surface area contributed by atoms with Crippen molar-refractivity contribution in [3.63, 3.8) is 0 Å². The van der Waals surface area contributed by atoms with Crippen LogP contribution in [0.3, 0.4) is 0 Å². The highest BCUT2D eigenvalue weighted by Gasteiger charge is 2.10. The normalized spacial score (nSPS) is 10.9. The van der Waals surface area contributed by atoms with Crippen LogP contribution in [-0.2, 0) is 6.54 Å². The van der Waals surface area contributed by atoms with E-state index in [4.69, 9.17) is 11.6 Å². The van der Waals surface area contributed by atoms with Gasteiger partial charge in [0.25, 0.3) is 0 Å². The van der Waals surface area contributed by atoms with Crippen LogP contribution in [0.2, 0.25) is 5.02 Å². The van der Waals surface area contributed by atoms with E-state index < -0.39 is 0 Å². The molecule has 0 fully saturated rings. The summed E-state index contributed by atoms with van der Waals surface area (Å²) in [5, 5.41) is 12.5. The van der Waals surface area contributed by atoms with Crippen molar-refractivity contribution in [3.8, 4) is 5.88 Å². The zero-order valence-corrected chi connectivity index (χ0v) is 10.4. The molecule has 0 radical (unpaired) electrons. The molecule has 0 saturated carbocycles. The second-order valence-electron chi connectivity index (χ2n) is 4.27. The molecular weight excluding hydrogens is 246 g/mol. The van der Waals surface area contributed by atoms with Crippen LogP contribution in [0.1, 0.15) is 5.56 Å². The summed E-state index contributed by atoms with van der Waals surface area (Å²) in [6.45, 7) is 0.637. The molecule has 0 spiro atoms. The van der Waals surface area contributed by atoms with Crippen molar-refractivity contribution in [1.29, 1.82) is 0 Å². The molecule has 1 aromatic heterocycles. The molecule has 1 heterocycles. The van der Waals surface area contributed by atoms with E-state index in [0.29, 0.717) is 11.6 Å². The average Bonchev–Trinajstić information content (AvgIpc) is 2.70. The van der Waals surface area contributed by atoms with Gasteiger partial charge in [0.15, 0.2) is 5.88 Å². The first kappa shape index (κ1) is 11.2. The fourth-order valence-electron chi connectivity index (χ4n) is 2.14. The Balaban J connectivity index is 2.08. The summed E-state index contributed by atoms with van der Waals surface area (Å²) in [5.41, 5.74) is 1.14. The zero-order valence-electron chi connectivity index (χ0n) is 9.68. The van der Waals surface area contributed by atoms with Crippen molar-refractivity contribution < 1.29 is 5.11 Å². The minimum Gasteiger partial charge on any atom is -0.494 e. The van der Waals surface area contributed by atoms with E-state index in [-0.39, 0.29) is 5.88 Å². The molecule has 0 aliphatic rings. The van der Waals surface area contributed by atoms with E-state index in [9.17, 15) is 5.11 Å². The molecule has 3 aromatic rings. The van der Waals surface area contributed by atoms with Gasteiger partial charge in [-0.15, -0.1) is 0 Å². The third kappa shape index (κ3) is 1.85. The molecule has 90 valence electrons. The third-order valence-electron chi connectivity index (χ3n) is 3.05. The molecule has 18 heavy (non-hydrogen) atoms. The van der Waals surface area contributed by atoms with E-state index in [1.807, 2.05) is 59.3 Å². The second-order valence-corrected chi connectivity index (χ2v) is 4.67. The SMILES string of the molecule is Oc1c2cccc(Cl)c2cn1Cc1ccccc1. The lowest BCUT2D eigenvalue weighted by atomic mass is 10.2. The predicted molar refractivity (Wildman–Crippen MR) is 74.2 cm³/mol. The van der Waals surface area contributed by atoms with Crippen LogP contribution in [-0.4, -0.2) is 9.67 Å². The molecule has 0 aliphatic heterocycles. The first-order chi connectivity index (χ1) is 8.75. The summed E-state index contributed by atoms with van der Waals surface area (Å²) in [7, 11) is 0. The van der Waals surface area contributed by atoms with E-state index in [1.165, 1.54) is 0 Å². The topological polar surface area (TPSA) is 25.2 Å². The zero-order chi connectivity index (χ0) is 12.5. The predicted octanol–water partition coefficient (Wildman–Crippen LogP) is 4.05. The number of hydrogen-bond donors (Lipinski definition) is 1. The van der Waals surface area contributed by atoms with Crippen LogP contribution < -0.4 is 0 Å². The highest BCUT2D eigenvalue weighted by molar-refractivity contribution is 6.35. The summed E-state index contributed by atoms with van der Waals surface area (Å²) in [5.74, 6) is 0.261. The number of aromatic hydroxyl groups is 1. The minimum absolute atomic E-state index is 0.261. The van der Waals surface area contributed by atoms with Crippen LogP contribution in [0.5, 0.6) is 5.88 Å². The molecule has 0 aliphatic carbocycles. The maximum atomic E-state index is 10.2. The average molecular weight is 258 g/mol. The molecule has 0 unspecified atom stereocenters. The Morgan fingerprint density at radius 1 is 0.944 bits per heavy atom. The quantitative estimate of drug-likeness (QED) is 0.736. The summed E-state index contributed by atoms with van der Waals surface area (Å²) in [6, 6.07) is 15.6. The van der Waals surface area contributed by atoms with Gasteiger partial charge < -0.3 is 9.67 Å². The summed E-state index contributed by atoms with van der Waals surface area (Å²) < 4.78 is 1.81. The van der Waals surface area contributed by atoms with E-state index in [2.05, 4.69) is 0 Å². The number of fused-ring (bicyclic) bond motifs is 1. The van der Waals surface area contributed by atoms with Gasteiger partial charge in [-0.25, -0.2) is 0 Å². The maximum absolute atomic E-state index is 10.2. The standard InChI is InChI=1S/C15H12ClNO/c16-14-8-4-7-12-13(14)10-17(15(12)18)9-11-5-2-1-3-6-11/h1-8,10,18H,9H2. The molecule has 2 aromatic carbocycles. The lowest BCUT2D eigenvalue weighted by Crippen LogP contribution is -1.96. The Labute approximate surface area is 110 Å². The van der Waals surface area contributed by atoms with Crippen molar-refractivity contribution in [3.05, 3.63) is 65.3 Å². The van der Waals surface area contributed by atoms with Crippen LogP contribution in [0.25, 0.3) is 10.8 Å². The van der Waals surface area contributed by atoms with E-state index in [1.54, 1.807) is 0 Å². The first-order valence-electron chi connectivity index (χ1n) is 5.76. The Morgan fingerprint density at radius 2 is 1.72 bits per heavy atom. The Kier molecular flexibility index (Phi) is 2.73. The number of nitrogens with zero attached hydrogens (tertiary/aromatic N) is 1. The first-order valence-corrected chi connectivity index (χ1v) is 6.14. The minimum atomic E-state index is 0.261. The lowest BCUT2D eigenvalue weighted by molar-refractivity contribution is 0.430. The fourth-order valence-corrected chi connectivity index (χ4v) is 2.36. The van der Waals surface area contributed by atoms with Gasteiger partial charge >= 0.3 is 0 Å². The van der Waals surface area contributed by atoms with E-state index in [0.717, 1.165) is 16.3 Å². The molecule has 0 amide bonds. The van der Waals surface area contributed by atoms with Gasteiger partial charge in [0, 0.05) is 17.0 Å². The maximum Gasteiger partial charge on any atom is 0.199 e. The smallest absolute Gasteiger partial charge is 0.199 e. The molecule has 3 rings (SSSR count). The fraction of sp³-hybridized carbons (Fsp3) is 0.0667. The van der Waals surface area contributed by atoms with Gasteiger partial charge in [0.2, 0.25) is 0 Å². The largest absolute Gasteiger partial charge is 0.494 e. The van der Waals surface area contributed by atoms with Crippen molar-refractivity contribution in [2.75, 3.05) is 0 Å². The monoisotopic (exact) mass is 257 g/mol. The second kappa shape index (κ2) is 4.39. The summed E-state index contributed by atoms with van der Waals surface area (Å²) >= 11 is 6.12. The number of benzene rings is 2.